The van der Waals surface area contributed by atoms with E-state index in [1.54, 1.807) is 12.1 Å². The second kappa shape index (κ2) is 10.2. The molecule has 2 aromatic rings. The molecule has 0 aliphatic carbocycles. The van der Waals surface area contributed by atoms with Gasteiger partial charge in [-0.25, -0.2) is 4.39 Å². The summed E-state index contributed by atoms with van der Waals surface area (Å²) in [5.41, 5.74) is 2.06. The first kappa shape index (κ1) is 21.8. The van der Waals surface area contributed by atoms with E-state index in [2.05, 4.69) is 10.2 Å². The molecule has 1 aliphatic rings. The predicted octanol–water partition coefficient (Wildman–Crippen LogP) is 4.08. The van der Waals surface area contributed by atoms with Gasteiger partial charge in [-0.3, -0.25) is 9.69 Å². The second-order valence-electron chi connectivity index (χ2n) is 7.49. The largest absolute Gasteiger partial charge is 0.342 e. The average molecular weight is 418 g/mol. The van der Waals surface area contributed by atoms with E-state index >= 15 is 0 Å². The Labute approximate surface area is 177 Å². The SMILES string of the molecule is CCN(CC)C(=O)[C@@H]1C[C@@H](NCc2ccc(F)cc2)CN1Cc1ccccc1Cl. The van der Waals surface area contributed by atoms with E-state index in [-0.39, 0.29) is 23.8 Å². The maximum atomic E-state index is 13.1. The van der Waals surface area contributed by atoms with Crippen LogP contribution in [0.15, 0.2) is 48.5 Å². The van der Waals surface area contributed by atoms with Crippen LogP contribution in [0.1, 0.15) is 31.4 Å². The zero-order valence-electron chi connectivity index (χ0n) is 17.1. The molecule has 6 heteroatoms. The monoisotopic (exact) mass is 417 g/mol. The lowest BCUT2D eigenvalue weighted by atomic mass is 10.1. The van der Waals surface area contributed by atoms with Crippen molar-refractivity contribution in [1.82, 2.24) is 15.1 Å². The number of halogens is 2. The molecule has 0 spiro atoms. The van der Waals surface area contributed by atoms with Crippen molar-refractivity contribution in [3.8, 4) is 0 Å². The molecule has 3 rings (SSSR count). The average Bonchev–Trinajstić information content (AvgIpc) is 3.13. The number of rotatable bonds is 8. The van der Waals surface area contributed by atoms with Crippen LogP contribution in [0, 0.1) is 5.82 Å². The smallest absolute Gasteiger partial charge is 0.239 e. The van der Waals surface area contributed by atoms with Gasteiger partial charge in [-0.05, 0) is 49.6 Å². The molecule has 2 aromatic carbocycles. The van der Waals surface area contributed by atoms with Crippen LogP contribution in [0.2, 0.25) is 5.02 Å². The zero-order valence-corrected chi connectivity index (χ0v) is 17.8. The van der Waals surface area contributed by atoms with Crippen LogP contribution in [0.25, 0.3) is 0 Å². The molecule has 156 valence electrons. The highest BCUT2D eigenvalue weighted by atomic mass is 35.5. The number of hydrogen-bond donors (Lipinski definition) is 1. The molecule has 29 heavy (non-hydrogen) atoms. The molecule has 0 aromatic heterocycles. The minimum Gasteiger partial charge on any atom is -0.342 e. The quantitative estimate of drug-likeness (QED) is 0.703. The maximum Gasteiger partial charge on any atom is 0.239 e. The van der Waals surface area contributed by atoms with Gasteiger partial charge in [-0.15, -0.1) is 0 Å². The lowest BCUT2D eigenvalue weighted by Gasteiger charge is -2.29. The van der Waals surface area contributed by atoms with Crippen LogP contribution in [0.4, 0.5) is 4.39 Å². The Bertz CT molecular complexity index is 810. The zero-order chi connectivity index (χ0) is 20.8. The highest BCUT2D eigenvalue weighted by Crippen LogP contribution is 2.25. The molecule has 2 atom stereocenters. The molecule has 4 nitrogen and oxygen atoms in total. The summed E-state index contributed by atoms with van der Waals surface area (Å²) in [5, 5.41) is 4.27. The molecule has 1 saturated heterocycles. The summed E-state index contributed by atoms with van der Waals surface area (Å²) < 4.78 is 13.1. The fourth-order valence-electron chi connectivity index (χ4n) is 3.94. The standard InChI is InChI=1S/C23H29ClFN3O/c1-3-27(4-2)23(29)22-13-20(26-14-17-9-11-19(25)12-10-17)16-28(22)15-18-7-5-6-8-21(18)24/h5-12,20,22,26H,3-4,13-16H2,1-2H3/t20-,22+/m1/s1. The van der Waals surface area contributed by atoms with E-state index in [0.717, 1.165) is 29.1 Å². The van der Waals surface area contributed by atoms with Gasteiger partial charge in [-0.1, -0.05) is 41.9 Å². The first-order chi connectivity index (χ1) is 14.0. The van der Waals surface area contributed by atoms with Gasteiger partial charge in [0, 0.05) is 43.8 Å². The van der Waals surface area contributed by atoms with Gasteiger partial charge in [-0.2, -0.15) is 0 Å². The topological polar surface area (TPSA) is 35.6 Å². The second-order valence-corrected chi connectivity index (χ2v) is 7.89. The number of likely N-dealkylation sites (tertiary alicyclic amines) is 1. The summed E-state index contributed by atoms with van der Waals surface area (Å²) >= 11 is 6.37. The molecule has 1 amide bonds. The summed E-state index contributed by atoms with van der Waals surface area (Å²) in [4.78, 5) is 17.3. The number of nitrogens with one attached hydrogen (secondary N) is 1. The molecular weight excluding hydrogens is 389 g/mol. The van der Waals surface area contributed by atoms with E-state index in [1.807, 2.05) is 43.0 Å². The lowest BCUT2D eigenvalue weighted by Crippen LogP contribution is -2.45. The van der Waals surface area contributed by atoms with Crippen molar-refractivity contribution in [2.45, 2.75) is 45.4 Å². The van der Waals surface area contributed by atoms with Gasteiger partial charge in [0.15, 0.2) is 0 Å². The number of nitrogens with zero attached hydrogens (tertiary/aromatic N) is 2. The van der Waals surface area contributed by atoms with Crippen LogP contribution >= 0.6 is 11.6 Å². The third-order valence-electron chi connectivity index (χ3n) is 5.60. The van der Waals surface area contributed by atoms with Crippen LogP contribution in [-0.2, 0) is 17.9 Å². The predicted molar refractivity (Wildman–Crippen MR) is 115 cm³/mol. The van der Waals surface area contributed by atoms with Gasteiger partial charge in [0.2, 0.25) is 5.91 Å². The van der Waals surface area contributed by atoms with Gasteiger partial charge in [0.25, 0.3) is 0 Å². The van der Waals surface area contributed by atoms with Gasteiger partial charge in [0.05, 0.1) is 6.04 Å². The normalized spacial score (nSPS) is 19.4. The Morgan fingerprint density at radius 3 is 2.52 bits per heavy atom. The van der Waals surface area contributed by atoms with E-state index < -0.39 is 0 Å². The summed E-state index contributed by atoms with van der Waals surface area (Å²) in [6.07, 6.45) is 0.751. The van der Waals surface area contributed by atoms with Crippen molar-refractivity contribution >= 4 is 17.5 Å². The minimum atomic E-state index is -0.231. The van der Waals surface area contributed by atoms with Crippen LogP contribution < -0.4 is 5.32 Å². The fraction of sp³-hybridized carbons (Fsp3) is 0.435. The molecule has 1 aliphatic heterocycles. The Kier molecular flexibility index (Phi) is 7.64. The molecule has 0 saturated carbocycles. The van der Waals surface area contributed by atoms with Gasteiger partial charge < -0.3 is 10.2 Å². The Balaban J connectivity index is 1.71. The lowest BCUT2D eigenvalue weighted by molar-refractivity contribution is -0.135. The molecule has 0 bridgehead atoms. The molecular formula is C23H29ClFN3O. The summed E-state index contributed by atoms with van der Waals surface area (Å²) in [5.74, 6) is -0.0569. The number of benzene rings is 2. The van der Waals surface area contributed by atoms with Crippen molar-refractivity contribution in [3.05, 3.63) is 70.5 Å². The van der Waals surface area contributed by atoms with E-state index in [1.165, 1.54) is 12.1 Å². The highest BCUT2D eigenvalue weighted by Gasteiger charge is 2.38. The Morgan fingerprint density at radius 1 is 1.17 bits per heavy atom. The van der Waals surface area contributed by atoms with Crippen molar-refractivity contribution < 1.29 is 9.18 Å². The van der Waals surface area contributed by atoms with Crippen molar-refractivity contribution in [1.29, 1.82) is 0 Å². The van der Waals surface area contributed by atoms with Gasteiger partial charge >= 0.3 is 0 Å². The summed E-state index contributed by atoms with van der Waals surface area (Å²) in [7, 11) is 0. The molecule has 1 heterocycles. The number of carbonyl (C=O) groups excluding carboxylic acids is 1. The van der Waals surface area contributed by atoms with Crippen molar-refractivity contribution in [2.24, 2.45) is 0 Å². The Hall–Kier alpha value is -1.95. The van der Waals surface area contributed by atoms with E-state index in [4.69, 9.17) is 11.6 Å². The third kappa shape index (κ3) is 5.56. The summed E-state index contributed by atoms with van der Waals surface area (Å²) in [6.45, 7) is 7.50. The van der Waals surface area contributed by atoms with Crippen molar-refractivity contribution in [2.75, 3.05) is 19.6 Å². The van der Waals surface area contributed by atoms with E-state index in [9.17, 15) is 9.18 Å². The molecule has 1 N–H and O–H groups in total. The first-order valence-corrected chi connectivity index (χ1v) is 10.6. The number of hydrogen-bond acceptors (Lipinski definition) is 3. The minimum absolute atomic E-state index is 0.170. The number of likely N-dealkylation sites (N-methyl/N-ethyl adjacent to an activating group) is 1. The van der Waals surface area contributed by atoms with Crippen molar-refractivity contribution in [3.63, 3.8) is 0 Å². The summed E-state index contributed by atoms with van der Waals surface area (Å²) in [6, 6.07) is 14.3. The van der Waals surface area contributed by atoms with Crippen LogP contribution in [-0.4, -0.2) is 47.4 Å². The van der Waals surface area contributed by atoms with Gasteiger partial charge in [0.1, 0.15) is 5.82 Å². The first-order valence-electron chi connectivity index (χ1n) is 10.3. The third-order valence-corrected chi connectivity index (χ3v) is 5.97. The molecule has 0 unspecified atom stereocenters. The van der Waals surface area contributed by atoms with E-state index in [0.29, 0.717) is 26.2 Å². The molecule has 0 radical (unpaired) electrons. The maximum absolute atomic E-state index is 13.1. The fourth-order valence-corrected chi connectivity index (χ4v) is 4.13. The molecule has 1 fully saturated rings. The number of carbonyl (C=O) groups is 1. The highest BCUT2D eigenvalue weighted by molar-refractivity contribution is 6.31. The van der Waals surface area contributed by atoms with Crippen LogP contribution in [0.5, 0.6) is 0 Å². The Morgan fingerprint density at radius 2 is 1.86 bits per heavy atom. The number of amides is 1. The van der Waals surface area contributed by atoms with Crippen LogP contribution in [0.3, 0.4) is 0 Å².